The van der Waals surface area contributed by atoms with E-state index in [1.807, 2.05) is 66.7 Å². The Morgan fingerprint density at radius 3 is 2.30 bits per heavy atom. The smallest absolute Gasteiger partial charge is 0.409 e. The van der Waals surface area contributed by atoms with Crippen LogP contribution in [0.2, 0.25) is 0 Å². The summed E-state index contributed by atoms with van der Waals surface area (Å²) >= 11 is 0. The molecule has 1 fully saturated rings. The minimum Gasteiger partial charge on any atom is -0.448 e. The lowest BCUT2D eigenvalue weighted by Crippen LogP contribution is -2.44. The van der Waals surface area contributed by atoms with Crippen molar-refractivity contribution in [1.29, 1.82) is 5.26 Å². The zero-order valence-electron chi connectivity index (χ0n) is 23.8. The topological polar surface area (TPSA) is 85.7 Å². The average Bonchev–Trinajstić information content (AvgIpc) is 3.62. The summed E-state index contributed by atoms with van der Waals surface area (Å²) in [6.07, 6.45) is 3.32. The summed E-state index contributed by atoms with van der Waals surface area (Å²) in [6, 6.07) is 30.6. The molecule has 2 amide bonds. The Balaban J connectivity index is 1.03. The van der Waals surface area contributed by atoms with Gasteiger partial charge < -0.3 is 19.9 Å². The molecule has 0 saturated carbocycles. The molecule has 7 rings (SSSR count). The minimum absolute atomic E-state index is 0.00388. The second kappa shape index (κ2) is 11.3. The van der Waals surface area contributed by atoms with Gasteiger partial charge in [0.2, 0.25) is 5.91 Å². The number of ether oxygens (including phenoxy) is 1. The largest absolute Gasteiger partial charge is 0.448 e. The normalized spacial score (nSPS) is 17.0. The van der Waals surface area contributed by atoms with Gasteiger partial charge in [0.25, 0.3) is 0 Å². The third-order valence-electron chi connectivity index (χ3n) is 8.93. The van der Waals surface area contributed by atoms with Crippen LogP contribution in [0.3, 0.4) is 0 Å². The van der Waals surface area contributed by atoms with Gasteiger partial charge in [-0.2, -0.15) is 5.26 Å². The fourth-order valence-electron chi connectivity index (χ4n) is 6.82. The fraction of sp³-hybridized carbons (Fsp3) is 0.250. The van der Waals surface area contributed by atoms with E-state index in [2.05, 4.69) is 35.8 Å². The van der Waals surface area contributed by atoms with Gasteiger partial charge >= 0.3 is 6.09 Å². The van der Waals surface area contributed by atoms with Gasteiger partial charge in [-0.15, -0.1) is 0 Å². The van der Waals surface area contributed by atoms with Crippen molar-refractivity contribution in [2.24, 2.45) is 5.92 Å². The number of fused-ring (bicyclic) bond motifs is 4. The highest BCUT2D eigenvalue weighted by Crippen LogP contribution is 2.44. The van der Waals surface area contributed by atoms with Crippen molar-refractivity contribution >= 4 is 17.7 Å². The highest BCUT2D eigenvalue weighted by atomic mass is 16.6. The summed E-state index contributed by atoms with van der Waals surface area (Å²) in [5.41, 5.74) is 9.67. The van der Waals surface area contributed by atoms with E-state index >= 15 is 0 Å². The lowest BCUT2D eigenvalue weighted by Gasteiger charge is -2.31. The average molecular weight is 569 g/mol. The van der Waals surface area contributed by atoms with Gasteiger partial charge in [0.15, 0.2) is 6.19 Å². The zero-order chi connectivity index (χ0) is 29.3. The number of carbonyl (C=O) groups excluding carboxylic acids is 2. The van der Waals surface area contributed by atoms with Crippen molar-refractivity contribution in [3.63, 3.8) is 0 Å². The molecule has 1 N–H and O–H groups in total. The number of likely N-dealkylation sites (tertiary alicyclic amines) is 1. The number of hydrogen-bond acceptors (Lipinski definition) is 5. The number of benzene rings is 4. The van der Waals surface area contributed by atoms with Crippen molar-refractivity contribution in [2.75, 3.05) is 25.0 Å². The van der Waals surface area contributed by atoms with Crippen LogP contribution in [0.15, 0.2) is 91.0 Å². The van der Waals surface area contributed by atoms with Crippen molar-refractivity contribution in [2.45, 2.75) is 31.8 Å². The molecule has 43 heavy (non-hydrogen) atoms. The molecule has 7 nitrogen and oxygen atoms in total. The maximum Gasteiger partial charge on any atom is 0.409 e. The first kappa shape index (κ1) is 26.8. The molecule has 1 aliphatic carbocycles. The summed E-state index contributed by atoms with van der Waals surface area (Å²) in [4.78, 5) is 30.1. The Labute approximate surface area is 251 Å². The number of nitriles is 1. The summed E-state index contributed by atoms with van der Waals surface area (Å²) in [5.74, 6) is -0.445. The number of amides is 2. The predicted octanol–water partition coefficient (Wildman–Crippen LogP) is 6.75. The van der Waals surface area contributed by atoms with Crippen molar-refractivity contribution < 1.29 is 14.3 Å². The third-order valence-corrected chi connectivity index (χ3v) is 8.93. The molecule has 2 aliphatic heterocycles. The van der Waals surface area contributed by atoms with E-state index in [9.17, 15) is 14.9 Å². The van der Waals surface area contributed by atoms with Crippen molar-refractivity contribution in [3.05, 3.63) is 113 Å². The van der Waals surface area contributed by atoms with E-state index in [4.69, 9.17) is 4.74 Å². The third kappa shape index (κ3) is 5.10. The number of rotatable bonds is 5. The molecular weight excluding hydrogens is 536 g/mol. The van der Waals surface area contributed by atoms with Gasteiger partial charge in [0.1, 0.15) is 6.61 Å². The van der Waals surface area contributed by atoms with Crippen molar-refractivity contribution in [3.8, 4) is 28.4 Å². The molecule has 0 bridgehead atoms. The number of carbonyl (C=O) groups is 2. The van der Waals surface area contributed by atoms with Crippen LogP contribution in [0.1, 0.15) is 41.0 Å². The Morgan fingerprint density at radius 1 is 0.884 bits per heavy atom. The Hall–Kier alpha value is -5.09. The summed E-state index contributed by atoms with van der Waals surface area (Å²) < 4.78 is 5.89. The second-order valence-corrected chi connectivity index (χ2v) is 11.6. The van der Waals surface area contributed by atoms with E-state index in [-0.39, 0.29) is 30.4 Å². The molecule has 0 aromatic heterocycles. The van der Waals surface area contributed by atoms with Crippen LogP contribution in [-0.4, -0.2) is 41.5 Å². The van der Waals surface area contributed by atoms with E-state index in [0.29, 0.717) is 38.3 Å². The standard InChI is InChI=1S/C36H32N4O3/c37-23-39-19-26-17-27(18-32(33(26)21-39)24-9-2-1-3-10-24)38-35(41)25-11-8-16-40(20-25)36(42)43-22-34-30-14-6-4-12-28(30)29-13-5-7-15-31(29)34/h1-7,9-10,12-15,17-18,25,34H,8,11,16,19-22H2,(H,38,41). The maximum atomic E-state index is 13.5. The second-order valence-electron chi connectivity index (χ2n) is 11.6. The number of hydrogen-bond donors (Lipinski definition) is 1. The molecule has 2 heterocycles. The number of anilines is 1. The van der Waals surface area contributed by atoms with Crippen LogP contribution in [0.25, 0.3) is 22.3 Å². The van der Waals surface area contributed by atoms with E-state index in [1.165, 1.54) is 22.3 Å². The molecule has 3 aliphatic rings. The van der Waals surface area contributed by atoms with Crippen LogP contribution in [0, 0.1) is 17.4 Å². The first-order chi connectivity index (χ1) is 21.1. The number of piperidine rings is 1. The van der Waals surface area contributed by atoms with Gasteiger partial charge in [-0.05, 0) is 69.5 Å². The first-order valence-corrected chi connectivity index (χ1v) is 14.9. The molecule has 214 valence electrons. The molecule has 4 aromatic carbocycles. The Bertz CT molecular complexity index is 1700. The molecule has 7 heteroatoms. The van der Waals surface area contributed by atoms with Crippen LogP contribution in [0.4, 0.5) is 10.5 Å². The quantitative estimate of drug-likeness (QED) is 0.269. The molecule has 0 spiro atoms. The van der Waals surface area contributed by atoms with Crippen LogP contribution < -0.4 is 5.32 Å². The van der Waals surface area contributed by atoms with Gasteiger partial charge in [0.05, 0.1) is 19.0 Å². The fourth-order valence-corrected chi connectivity index (χ4v) is 6.82. The summed E-state index contributed by atoms with van der Waals surface area (Å²) in [6.45, 7) is 2.23. The maximum absolute atomic E-state index is 13.5. The minimum atomic E-state index is -0.375. The molecule has 1 unspecified atom stereocenters. The Morgan fingerprint density at radius 2 is 1.58 bits per heavy atom. The lowest BCUT2D eigenvalue weighted by molar-refractivity contribution is -0.121. The Kier molecular flexibility index (Phi) is 7.04. The number of nitrogens with one attached hydrogen (secondary N) is 1. The molecule has 1 atom stereocenters. The molecule has 1 saturated heterocycles. The number of nitrogens with zero attached hydrogens (tertiary/aromatic N) is 3. The van der Waals surface area contributed by atoms with Gasteiger partial charge in [-0.1, -0.05) is 78.9 Å². The van der Waals surface area contributed by atoms with Gasteiger partial charge in [-0.25, -0.2) is 4.79 Å². The summed E-state index contributed by atoms with van der Waals surface area (Å²) in [7, 11) is 0. The highest BCUT2D eigenvalue weighted by molar-refractivity contribution is 5.94. The van der Waals surface area contributed by atoms with Gasteiger partial charge in [0, 0.05) is 24.7 Å². The first-order valence-electron chi connectivity index (χ1n) is 14.9. The van der Waals surface area contributed by atoms with Crippen LogP contribution in [-0.2, 0) is 22.6 Å². The highest BCUT2D eigenvalue weighted by Gasteiger charge is 2.33. The van der Waals surface area contributed by atoms with E-state index < -0.39 is 0 Å². The van der Waals surface area contributed by atoms with Crippen LogP contribution >= 0.6 is 0 Å². The van der Waals surface area contributed by atoms with Gasteiger partial charge in [-0.3, -0.25) is 4.79 Å². The monoisotopic (exact) mass is 568 g/mol. The SMILES string of the molecule is N#CN1Cc2cc(NC(=O)C3CCCN(C(=O)OCC4c5ccccc5-c5ccccc54)C3)cc(-c3ccccc3)c2C1. The predicted molar refractivity (Wildman–Crippen MR) is 165 cm³/mol. The zero-order valence-corrected chi connectivity index (χ0v) is 23.8. The molecule has 4 aromatic rings. The van der Waals surface area contributed by atoms with E-state index in [1.54, 1.807) is 9.80 Å². The lowest BCUT2D eigenvalue weighted by atomic mass is 9.95. The molecular formula is C36H32N4O3. The summed E-state index contributed by atoms with van der Waals surface area (Å²) in [5, 5.41) is 12.6. The van der Waals surface area contributed by atoms with Crippen molar-refractivity contribution in [1.82, 2.24) is 9.80 Å². The van der Waals surface area contributed by atoms with Crippen LogP contribution in [0.5, 0.6) is 0 Å². The molecule has 0 radical (unpaired) electrons. The van der Waals surface area contributed by atoms with E-state index in [0.717, 1.165) is 28.7 Å².